The average molecular weight is 314 g/mol. The van der Waals surface area contributed by atoms with Crippen molar-refractivity contribution in [1.82, 2.24) is 0 Å². The molecule has 0 aliphatic rings. The van der Waals surface area contributed by atoms with Crippen molar-refractivity contribution < 1.29 is 9.13 Å². The molecule has 0 radical (unpaired) electrons. The number of benzene rings is 2. The minimum absolute atomic E-state index is 0.0532. The monoisotopic (exact) mass is 313 g/mol. The van der Waals surface area contributed by atoms with E-state index in [1.54, 1.807) is 18.2 Å². The van der Waals surface area contributed by atoms with Crippen molar-refractivity contribution in [3.05, 3.63) is 63.9 Å². The summed E-state index contributed by atoms with van der Waals surface area (Å²) >= 11 is 11.6. The van der Waals surface area contributed by atoms with Gasteiger partial charge in [-0.2, -0.15) is 0 Å². The molecule has 2 N–H and O–H groups in total. The van der Waals surface area contributed by atoms with E-state index in [-0.39, 0.29) is 11.1 Å². The first kappa shape index (κ1) is 15.1. The summed E-state index contributed by atoms with van der Waals surface area (Å²) in [4.78, 5) is 0. The lowest BCUT2D eigenvalue weighted by Gasteiger charge is -2.23. The van der Waals surface area contributed by atoms with Gasteiger partial charge in [0.1, 0.15) is 17.7 Å². The van der Waals surface area contributed by atoms with E-state index in [2.05, 4.69) is 0 Å². The molecular weight excluding hydrogens is 300 g/mol. The molecule has 2 rings (SSSR count). The average Bonchev–Trinajstić information content (AvgIpc) is 2.39. The third-order valence-corrected chi connectivity index (χ3v) is 3.35. The van der Waals surface area contributed by atoms with E-state index < -0.39 is 11.9 Å². The Balaban J connectivity index is 2.28. The van der Waals surface area contributed by atoms with E-state index in [9.17, 15) is 4.39 Å². The van der Waals surface area contributed by atoms with E-state index in [0.717, 1.165) is 5.56 Å². The van der Waals surface area contributed by atoms with Gasteiger partial charge in [0.25, 0.3) is 0 Å². The zero-order valence-corrected chi connectivity index (χ0v) is 12.3. The fourth-order valence-electron chi connectivity index (χ4n) is 1.86. The molecule has 0 heterocycles. The van der Waals surface area contributed by atoms with Crippen LogP contribution in [0.15, 0.2) is 42.5 Å². The van der Waals surface area contributed by atoms with Gasteiger partial charge in [0.15, 0.2) is 0 Å². The van der Waals surface area contributed by atoms with Gasteiger partial charge in [-0.1, -0.05) is 35.3 Å². The second kappa shape index (κ2) is 6.44. The fourth-order valence-corrected chi connectivity index (χ4v) is 2.18. The zero-order valence-electron chi connectivity index (χ0n) is 10.8. The van der Waals surface area contributed by atoms with Gasteiger partial charge in [-0.05, 0) is 36.8 Å². The van der Waals surface area contributed by atoms with Gasteiger partial charge >= 0.3 is 0 Å². The number of ether oxygens (including phenoxy) is 1. The number of halogens is 3. The number of nitrogens with two attached hydrogens (primary N) is 1. The Labute approximate surface area is 127 Å². The first-order chi connectivity index (χ1) is 9.47. The van der Waals surface area contributed by atoms with Gasteiger partial charge in [-0.25, -0.2) is 4.39 Å². The molecule has 2 aromatic rings. The lowest BCUT2D eigenvalue weighted by atomic mass is 10.0. The molecule has 106 valence electrons. The summed E-state index contributed by atoms with van der Waals surface area (Å²) < 4.78 is 19.2. The van der Waals surface area contributed by atoms with Crippen molar-refractivity contribution in [3.63, 3.8) is 0 Å². The summed E-state index contributed by atoms with van der Waals surface area (Å²) in [5.41, 5.74) is 6.78. The van der Waals surface area contributed by atoms with Gasteiger partial charge in [0.05, 0.1) is 5.02 Å². The van der Waals surface area contributed by atoms with Crippen LogP contribution in [-0.4, -0.2) is 6.04 Å². The molecule has 0 bridgehead atoms. The Morgan fingerprint density at radius 2 is 1.90 bits per heavy atom. The second-order valence-corrected chi connectivity index (χ2v) is 5.37. The van der Waals surface area contributed by atoms with Gasteiger partial charge in [0.2, 0.25) is 0 Å². The topological polar surface area (TPSA) is 35.2 Å². The Kier molecular flexibility index (Phi) is 4.86. The SMILES string of the molecule is CC(N)C(Oc1ccc(Cl)c(F)c1)c1cccc(Cl)c1. The van der Waals surface area contributed by atoms with Crippen LogP contribution < -0.4 is 10.5 Å². The lowest BCUT2D eigenvalue weighted by Crippen LogP contribution is -2.29. The maximum absolute atomic E-state index is 13.4. The van der Waals surface area contributed by atoms with E-state index in [4.69, 9.17) is 33.7 Å². The molecule has 2 atom stereocenters. The number of hydrogen-bond acceptors (Lipinski definition) is 2. The standard InChI is InChI=1S/C15H14Cl2FNO/c1-9(19)15(10-3-2-4-11(16)7-10)20-12-5-6-13(17)14(18)8-12/h2-9,15H,19H2,1H3. The van der Waals surface area contributed by atoms with Crippen LogP contribution in [0, 0.1) is 5.82 Å². The van der Waals surface area contributed by atoms with Crippen LogP contribution in [0.5, 0.6) is 5.75 Å². The van der Waals surface area contributed by atoms with Gasteiger partial charge in [-0.15, -0.1) is 0 Å². The first-order valence-electron chi connectivity index (χ1n) is 6.10. The maximum Gasteiger partial charge on any atom is 0.145 e. The quantitative estimate of drug-likeness (QED) is 0.895. The minimum Gasteiger partial charge on any atom is -0.484 e. The van der Waals surface area contributed by atoms with Crippen molar-refractivity contribution in [2.45, 2.75) is 19.1 Å². The van der Waals surface area contributed by atoms with Gasteiger partial charge < -0.3 is 10.5 Å². The van der Waals surface area contributed by atoms with E-state index >= 15 is 0 Å². The lowest BCUT2D eigenvalue weighted by molar-refractivity contribution is 0.180. The zero-order chi connectivity index (χ0) is 14.7. The van der Waals surface area contributed by atoms with Crippen molar-refractivity contribution in [2.24, 2.45) is 5.73 Å². The van der Waals surface area contributed by atoms with Crippen LogP contribution >= 0.6 is 23.2 Å². The molecule has 20 heavy (non-hydrogen) atoms. The largest absolute Gasteiger partial charge is 0.484 e. The Hall–Kier alpha value is -1.29. The third kappa shape index (κ3) is 3.63. The molecule has 0 saturated heterocycles. The van der Waals surface area contributed by atoms with Crippen LogP contribution in [0.2, 0.25) is 10.0 Å². The van der Waals surface area contributed by atoms with Crippen molar-refractivity contribution in [1.29, 1.82) is 0 Å². The Bertz CT molecular complexity index is 604. The van der Waals surface area contributed by atoms with Crippen molar-refractivity contribution in [3.8, 4) is 5.75 Å². The molecule has 0 fully saturated rings. The fraction of sp³-hybridized carbons (Fsp3) is 0.200. The molecular formula is C15H14Cl2FNO. The molecule has 2 aromatic carbocycles. The van der Waals surface area contributed by atoms with E-state index in [0.29, 0.717) is 10.8 Å². The molecule has 2 unspecified atom stereocenters. The summed E-state index contributed by atoms with van der Waals surface area (Å²) in [7, 11) is 0. The summed E-state index contributed by atoms with van der Waals surface area (Å²) in [6.07, 6.45) is -0.422. The van der Waals surface area contributed by atoms with Crippen LogP contribution in [0.25, 0.3) is 0 Å². The summed E-state index contributed by atoms with van der Waals surface area (Å²) in [5, 5.41) is 0.650. The Morgan fingerprint density at radius 1 is 1.15 bits per heavy atom. The first-order valence-corrected chi connectivity index (χ1v) is 6.85. The summed E-state index contributed by atoms with van der Waals surface area (Å²) in [6.45, 7) is 1.82. The predicted octanol–water partition coefficient (Wildman–Crippen LogP) is 4.60. The molecule has 0 aliphatic carbocycles. The highest BCUT2D eigenvalue weighted by Gasteiger charge is 2.19. The van der Waals surface area contributed by atoms with Crippen LogP contribution in [-0.2, 0) is 0 Å². The van der Waals surface area contributed by atoms with Crippen LogP contribution in [0.1, 0.15) is 18.6 Å². The molecule has 0 spiro atoms. The highest BCUT2D eigenvalue weighted by Crippen LogP contribution is 2.28. The molecule has 0 saturated carbocycles. The number of rotatable bonds is 4. The third-order valence-electron chi connectivity index (χ3n) is 2.81. The van der Waals surface area contributed by atoms with Crippen molar-refractivity contribution in [2.75, 3.05) is 0 Å². The maximum atomic E-state index is 13.4. The number of hydrogen-bond donors (Lipinski definition) is 1. The van der Waals surface area contributed by atoms with Gasteiger partial charge in [0, 0.05) is 17.1 Å². The highest BCUT2D eigenvalue weighted by atomic mass is 35.5. The Morgan fingerprint density at radius 3 is 2.50 bits per heavy atom. The highest BCUT2D eigenvalue weighted by molar-refractivity contribution is 6.31. The molecule has 2 nitrogen and oxygen atoms in total. The minimum atomic E-state index is -0.529. The smallest absolute Gasteiger partial charge is 0.145 e. The van der Waals surface area contributed by atoms with Crippen LogP contribution in [0.4, 0.5) is 4.39 Å². The summed E-state index contributed by atoms with van der Waals surface area (Å²) in [6, 6.07) is 11.2. The molecule has 0 amide bonds. The summed E-state index contributed by atoms with van der Waals surface area (Å²) in [5.74, 6) is -0.159. The second-order valence-electron chi connectivity index (χ2n) is 4.53. The van der Waals surface area contributed by atoms with Crippen molar-refractivity contribution >= 4 is 23.2 Å². The molecule has 5 heteroatoms. The van der Waals surface area contributed by atoms with Crippen LogP contribution in [0.3, 0.4) is 0 Å². The van der Waals surface area contributed by atoms with E-state index in [1.807, 2.05) is 19.1 Å². The normalized spacial score (nSPS) is 13.8. The van der Waals surface area contributed by atoms with Gasteiger partial charge in [-0.3, -0.25) is 0 Å². The molecule has 0 aromatic heterocycles. The molecule has 0 aliphatic heterocycles. The van der Waals surface area contributed by atoms with E-state index in [1.165, 1.54) is 12.1 Å². The predicted molar refractivity (Wildman–Crippen MR) is 79.9 cm³/mol.